The largest absolute Gasteiger partial charge is 0.390 e. The van der Waals surface area contributed by atoms with Crippen molar-refractivity contribution in [2.45, 2.75) is 49.8 Å². The fraction of sp³-hybridized carbons (Fsp3) is 1.00. The van der Waals surface area contributed by atoms with Crippen molar-refractivity contribution in [2.75, 3.05) is 0 Å². The molecule has 1 N–H and O–H groups in total. The van der Waals surface area contributed by atoms with Crippen molar-refractivity contribution in [3.05, 3.63) is 0 Å². The lowest BCUT2D eigenvalue weighted by Gasteiger charge is -2.56. The van der Waals surface area contributed by atoms with Crippen molar-refractivity contribution in [1.82, 2.24) is 5.06 Å². The van der Waals surface area contributed by atoms with Crippen LogP contribution in [0.15, 0.2) is 0 Å². The Morgan fingerprint density at radius 1 is 1.17 bits per heavy atom. The molecule has 0 aromatic heterocycles. The molecule has 4 rings (SSSR count). The maximum Gasteiger partial charge on any atom is 0.0682 e. The maximum absolute atomic E-state index is 11.5. The van der Waals surface area contributed by atoms with Gasteiger partial charge in [-0.25, -0.2) is 0 Å². The van der Waals surface area contributed by atoms with Gasteiger partial charge in [0.2, 0.25) is 0 Å². The zero-order valence-electron chi connectivity index (χ0n) is 7.07. The van der Waals surface area contributed by atoms with Crippen molar-refractivity contribution in [3.63, 3.8) is 0 Å². The van der Waals surface area contributed by atoms with Gasteiger partial charge in [0, 0.05) is 12.1 Å². The van der Waals surface area contributed by atoms with Gasteiger partial charge in [-0.05, 0) is 38.0 Å². The molecule has 2 heterocycles. The molecule has 67 valence electrons. The minimum absolute atomic E-state index is 0.140. The summed E-state index contributed by atoms with van der Waals surface area (Å²) in [7, 11) is 0. The molecule has 1 radical (unpaired) electrons. The molecule has 0 amide bonds. The monoisotopic (exact) mass is 168 g/mol. The van der Waals surface area contributed by atoms with E-state index in [4.69, 9.17) is 0 Å². The number of hydrogen-bond acceptors (Lipinski definition) is 2. The van der Waals surface area contributed by atoms with Crippen LogP contribution in [0.4, 0.5) is 0 Å². The van der Waals surface area contributed by atoms with Gasteiger partial charge in [-0.2, -0.15) is 0 Å². The summed E-state index contributed by atoms with van der Waals surface area (Å²) in [6.45, 7) is 0. The highest BCUT2D eigenvalue weighted by molar-refractivity contribution is 5.05. The first-order chi connectivity index (χ1) is 5.66. The third-order valence-corrected chi connectivity index (χ3v) is 3.83. The highest BCUT2D eigenvalue weighted by Gasteiger charge is 2.54. The van der Waals surface area contributed by atoms with E-state index in [1.165, 1.54) is 5.06 Å². The molecular weight excluding hydrogens is 154 g/mol. The molecule has 4 aliphatic rings. The molecule has 2 aliphatic heterocycles. The number of hydrogen-bond donors (Lipinski definition) is 1. The van der Waals surface area contributed by atoms with Gasteiger partial charge in [-0.15, -0.1) is 10.3 Å². The zero-order valence-corrected chi connectivity index (χ0v) is 7.07. The molecule has 0 spiro atoms. The van der Waals surface area contributed by atoms with E-state index >= 15 is 0 Å². The van der Waals surface area contributed by atoms with E-state index in [1.807, 2.05) is 0 Å². The molecule has 2 aliphatic carbocycles. The third kappa shape index (κ3) is 0.817. The van der Waals surface area contributed by atoms with E-state index in [-0.39, 0.29) is 12.1 Å². The first kappa shape index (κ1) is 7.30. The minimum atomic E-state index is -0.461. The molecule has 2 unspecified atom stereocenters. The van der Waals surface area contributed by atoms with E-state index < -0.39 is 5.60 Å². The fourth-order valence-electron chi connectivity index (χ4n) is 3.55. The quantitative estimate of drug-likeness (QED) is 0.579. The second kappa shape index (κ2) is 2.03. The fourth-order valence-corrected chi connectivity index (χ4v) is 3.55. The standard InChI is InChI=1S/C9H14NO2/c11-9-3-6-1-7(4-9)10(12)8(2-6)5-9/h6-8,11H,1-5H2. The minimum Gasteiger partial charge on any atom is -0.390 e. The molecule has 2 saturated heterocycles. The van der Waals surface area contributed by atoms with Crippen LogP contribution in [0.25, 0.3) is 0 Å². The van der Waals surface area contributed by atoms with Crippen molar-refractivity contribution in [3.8, 4) is 0 Å². The van der Waals surface area contributed by atoms with Crippen LogP contribution in [0.5, 0.6) is 0 Å². The normalized spacial score (nSPS) is 58.0. The molecule has 4 fully saturated rings. The number of nitrogens with zero attached hydrogens (tertiary/aromatic N) is 1. The van der Waals surface area contributed by atoms with E-state index in [2.05, 4.69) is 0 Å². The van der Waals surface area contributed by atoms with Gasteiger partial charge in [0.25, 0.3) is 0 Å². The smallest absolute Gasteiger partial charge is 0.0682 e. The third-order valence-electron chi connectivity index (χ3n) is 3.83. The molecule has 12 heavy (non-hydrogen) atoms. The molecule has 3 nitrogen and oxygen atoms in total. The van der Waals surface area contributed by atoms with E-state index in [0.717, 1.165) is 32.1 Å². The Labute approximate surface area is 71.9 Å². The van der Waals surface area contributed by atoms with Crippen LogP contribution in [-0.2, 0) is 5.21 Å². The molecule has 2 saturated carbocycles. The maximum atomic E-state index is 11.5. The Hall–Kier alpha value is -0.120. The molecule has 4 bridgehead atoms. The molecule has 3 heteroatoms. The van der Waals surface area contributed by atoms with Crippen LogP contribution in [0.3, 0.4) is 0 Å². The Morgan fingerprint density at radius 3 is 2.25 bits per heavy atom. The first-order valence-electron chi connectivity index (χ1n) is 4.84. The topological polar surface area (TPSA) is 43.4 Å². The number of rotatable bonds is 0. The van der Waals surface area contributed by atoms with Crippen molar-refractivity contribution in [2.24, 2.45) is 5.92 Å². The van der Waals surface area contributed by atoms with Crippen LogP contribution in [0.2, 0.25) is 0 Å². The Kier molecular flexibility index (Phi) is 1.23. The predicted molar refractivity (Wildman–Crippen MR) is 41.6 cm³/mol. The summed E-state index contributed by atoms with van der Waals surface area (Å²) in [6.07, 6.45) is 4.46. The van der Waals surface area contributed by atoms with Crippen molar-refractivity contribution >= 4 is 0 Å². The average Bonchev–Trinajstić information content (AvgIpc) is 1.96. The Balaban J connectivity index is 1.95. The zero-order chi connectivity index (χ0) is 8.34. The SMILES string of the molecule is [O]N1C2CC3CC1CC(O)(C3)C2. The van der Waals surface area contributed by atoms with Gasteiger partial charge in [-0.1, -0.05) is 0 Å². The number of hydroxylamine groups is 2. The summed E-state index contributed by atoms with van der Waals surface area (Å²) < 4.78 is 0. The lowest BCUT2D eigenvalue weighted by atomic mass is 9.62. The van der Waals surface area contributed by atoms with Crippen LogP contribution < -0.4 is 0 Å². The highest BCUT2D eigenvalue weighted by Crippen LogP contribution is 2.50. The second-order valence-corrected chi connectivity index (χ2v) is 4.84. The van der Waals surface area contributed by atoms with Crippen LogP contribution in [-0.4, -0.2) is 27.9 Å². The van der Waals surface area contributed by atoms with E-state index in [0.29, 0.717) is 5.92 Å². The summed E-state index contributed by atoms with van der Waals surface area (Å²) in [5.74, 6) is 0.637. The second-order valence-electron chi connectivity index (χ2n) is 4.84. The predicted octanol–water partition coefficient (Wildman–Crippen LogP) is 0.710. The van der Waals surface area contributed by atoms with Crippen molar-refractivity contribution in [1.29, 1.82) is 0 Å². The lowest BCUT2D eigenvalue weighted by molar-refractivity contribution is -0.297. The van der Waals surface area contributed by atoms with Crippen LogP contribution >= 0.6 is 0 Å². The van der Waals surface area contributed by atoms with E-state index in [1.54, 1.807) is 0 Å². The Bertz CT molecular complexity index is 203. The molecular formula is C9H14NO2. The summed E-state index contributed by atoms with van der Waals surface area (Å²) in [4.78, 5) is 0. The molecule has 0 aromatic rings. The van der Waals surface area contributed by atoms with Gasteiger partial charge in [0.05, 0.1) is 5.60 Å². The molecule has 2 atom stereocenters. The highest BCUT2D eigenvalue weighted by atomic mass is 16.5. The van der Waals surface area contributed by atoms with Crippen LogP contribution in [0.1, 0.15) is 32.1 Å². The van der Waals surface area contributed by atoms with E-state index in [9.17, 15) is 10.3 Å². The summed E-state index contributed by atoms with van der Waals surface area (Å²) in [6, 6.07) is 0.280. The first-order valence-corrected chi connectivity index (χ1v) is 4.84. The average molecular weight is 168 g/mol. The van der Waals surface area contributed by atoms with Gasteiger partial charge >= 0.3 is 0 Å². The van der Waals surface area contributed by atoms with Gasteiger partial charge in [-0.3, -0.25) is 0 Å². The summed E-state index contributed by atoms with van der Waals surface area (Å²) >= 11 is 0. The molecule has 0 aromatic carbocycles. The summed E-state index contributed by atoms with van der Waals surface area (Å²) in [5.41, 5.74) is -0.461. The lowest BCUT2D eigenvalue weighted by Crippen LogP contribution is -2.62. The van der Waals surface area contributed by atoms with Crippen LogP contribution in [0, 0.1) is 5.92 Å². The van der Waals surface area contributed by atoms with Gasteiger partial charge in [0.1, 0.15) is 0 Å². The summed E-state index contributed by atoms with van der Waals surface area (Å²) in [5, 5.41) is 22.8. The van der Waals surface area contributed by atoms with Gasteiger partial charge in [0.15, 0.2) is 0 Å². The number of aliphatic hydroxyl groups is 1. The Morgan fingerprint density at radius 2 is 1.75 bits per heavy atom. The van der Waals surface area contributed by atoms with Crippen molar-refractivity contribution < 1.29 is 10.3 Å². The van der Waals surface area contributed by atoms with Gasteiger partial charge < -0.3 is 5.11 Å². The number of piperidine rings is 2.